The average molecular weight is 281 g/mol. The topological polar surface area (TPSA) is 20.3 Å². The zero-order valence-corrected chi connectivity index (χ0v) is 12.5. The van der Waals surface area contributed by atoms with Crippen molar-refractivity contribution in [3.05, 3.63) is 34.0 Å². The Morgan fingerprint density at radius 1 is 1.44 bits per heavy atom. The number of hydrogen-bond donors (Lipinski definition) is 0. The van der Waals surface area contributed by atoms with Crippen LogP contribution in [-0.2, 0) is 4.79 Å². The van der Waals surface area contributed by atoms with Crippen molar-refractivity contribution in [2.45, 2.75) is 25.5 Å². The number of rotatable bonds is 2. The Kier molecular flexibility index (Phi) is 4.89. The van der Waals surface area contributed by atoms with Crippen LogP contribution in [0.4, 0.5) is 0 Å². The van der Waals surface area contributed by atoms with Gasteiger partial charge in [-0.15, -0.1) is 11.3 Å². The Morgan fingerprint density at radius 3 is 2.94 bits per heavy atom. The molecule has 2 nitrogen and oxygen atoms in total. The van der Waals surface area contributed by atoms with Crippen molar-refractivity contribution in [2.75, 3.05) is 18.8 Å². The number of amides is 1. The minimum atomic E-state index is 0.169. The molecule has 1 atom stereocenters. The van der Waals surface area contributed by atoms with E-state index in [9.17, 15) is 4.79 Å². The molecule has 1 aromatic heterocycles. The second-order valence-electron chi connectivity index (χ2n) is 4.71. The van der Waals surface area contributed by atoms with Gasteiger partial charge >= 0.3 is 0 Å². The van der Waals surface area contributed by atoms with Crippen molar-refractivity contribution in [3.63, 3.8) is 0 Å². The van der Waals surface area contributed by atoms with Crippen molar-refractivity contribution in [1.29, 1.82) is 0 Å². The van der Waals surface area contributed by atoms with Crippen LogP contribution >= 0.6 is 23.1 Å². The summed E-state index contributed by atoms with van der Waals surface area (Å²) >= 11 is 3.80. The predicted molar refractivity (Wildman–Crippen MR) is 80.1 cm³/mol. The van der Waals surface area contributed by atoms with Crippen molar-refractivity contribution in [2.24, 2.45) is 0 Å². The molecule has 2 heterocycles. The average Bonchev–Trinajstić information content (AvgIpc) is 2.72. The van der Waals surface area contributed by atoms with Gasteiger partial charge < -0.3 is 4.90 Å². The number of carbonyl (C=O) groups is 1. The van der Waals surface area contributed by atoms with Gasteiger partial charge in [0.1, 0.15) is 0 Å². The van der Waals surface area contributed by atoms with Gasteiger partial charge in [-0.05, 0) is 31.7 Å². The summed E-state index contributed by atoms with van der Waals surface area (Å²) in [6.45, 7) is 5.69. The van der Waals surface area contributed by atoms with Crippen LogP contribution in [-0.4, -0.2) is 29.6 Å². The first-order valence-corrected chi connectivity index (χ1v) is 8.18. The molecule has 1 aromatic rings. The molecule has 1 unspecified atom stereocenters. The quantitative estimate of drug-likeness (QED) is 0.770. The lowest BCUT2D eigenvalue weighted by molar-refractivity contribution is -0.125. The molecule has 4 heteroatoms. The Labute approximate surface area is 117 Å². The lowest BCUT2D eigenvalue weighted by Crippen LogP contribution is -2.31. The first-order chi connectivity index (χ1) is 8.66. The summed E-state index contributed by atoms with van der Waals surface area (Å²) in [4.78, 5) is 15.4. The van der Waals surface area contributed by atoms with E-state index in [2.05, 4.69) is 17.5 Å². The van der Waals surface area contributed by atoms with E-state index in [4.69, 9.17) is 0 Å². The zero-order valence-electron chi connectivity index (χ0n) is 10.9. The molecule has 0 bridgehead atoms. The van der Waals surface area contributed by atoms with Crippen molar-refractivity contribution in [3.8, 4) is 0 Å². The van der Waals surface area contributed by atoms with Gasteiger partial charge in [-0.1, -0.05) is 11.6 Å². The fourth-order valence-corrected chi connectivity index (χ4v) is 4.27. The van der Waals surface area contributed by atoms with E-state index >= 15 is 0 Å². The third-order valence-electron chi connectivity index (χ3n) is 2.93. The van der Waals surface area contributed by atoms with Gasteiger partial charge in [0.15, 0.2) is 0 Å². The maximum Gasteiger partial charge on any atom is 0.246 e. The Hall–Kier alpha value is -0.740. The minimum absolute atomic E-state index is 0.169. The molecular formula is C14H19NOS2. The standard InChI is InChI=1S/C14H19NOS2/c1-11(2)10-14(16)15-6-5-13(18-9-7-15)12-4-3-8-17-12/h3-4,8,10,13H,5-7,9H2,1-2H3. The fourth-order valence-electron chi connectivity index (χ4n) is 2.03. The number of nitrogens with zero attached hydrogens (tertiary/aromatic N) is 1. The maximum atomic E-state index is 12.0. The highest BCUT2D eigenvalue weighted by molar-refractivity contribution is 7.99. The van der Waals surface area contributed by atoms with E-state index in [1.165, 1.54) is 4.88 Å². The van der Waals surface area contributed by atoms with Crippen LogP contribution in [0.15, 0.2) is 29.2 Å². The van der Waals surface area contributed by atoms with Crippen LogP contribution in [0.25, 0.3) is 0 Å². The number of thioether (sulfide) groups is 1. The summed E-state index contributed by atoms with van der Waals surface area (Å²) in [6, 6.07) is 4.31. The Bertz CT molecular complexity index is 421. The van der Waals surface area contributed by atoms with Gasteiger partial charge in [0, 0.05) is 35.0 Å². The van der Waals surface area contributed by atoms with Crippen LogP contribution < -0.4 is 0 Å². The largest absolute Gasteiger partial charge is 0.338 e. The predicted octanol–water partition coefficient (Wildman–Crippen LogP) is 3.72. The molecule has 1 aliphatic rings. The molecule has 98 valence electrons. The number of thiophene rings is 1. The van der Waals surface area contributed by atoms with E-state index in [1.54, 1.807) is 6.08 Å². The molecule has 0 spiro atoms. The lowest BCUT2D eigenvalue weighted by atomic mass is 10.2. The van der Waals surface area contributed by atoms with Gasteiger partial charge in [-0.25, -0.2) is 0 Å². The number of allylic oxidation sites excluding steroid dienone is 1. The summed E-state index contributed by atoms with van der Waals surface area (Å²) < 4.78 is 0. The maximum absolute atomic E-state index is 12.0. The van der Waals surface area contributed by atoms with E-state index in [0.29, 0.717) is 5.25 Å². The first-order valence-electron chi connectivity index (χ1n) is 6.25. The van der Waals surface area contributed by atoms with E-state index < -0.39 is 0 Å². The van der Waals surface area contributed by atoms with Gasteiger partial charge in [0.05, 0.1) is 0 Å². The van der Waals surface area contributed by atoms with Crippen molar-refractivity contribution >= 4 is 29.0 Å². The zero-order chi connectivity index (χ0) is 13.0. The lowest BCUT2D eigenvalue weighted by Gasteiger charge is -2.18. The summed E-state index contributed by atoms with van der Waals surface area (Å²) in [5.74, 6) is 1.20. The molecule has 0 aliphatic carbocycles. The molecule has 18 heavy (non-hydrogen) atoms. The molecule has 0 N–H and O–H groups in total. The van der Waals surface area contributed by atoms with E-state index in [1.807, 2.05) is 41.8 Å². The summed E-state index contributed by atoms with van der Waals surface area (Å²) in [6.07, 6.45) is 2.81. The molecule has 0 aromatic carbocycles. The SMILES string of the molecule is CC(C)=CC(=O)N1CCSC(c2cccs2)CC1. The second-order valence-corrected chi connectivity index (χ2v) is 7.00. The number of hydrogen-bond acceptors (Lipinski definition) is 3. The highest BCUT2D eigenvalue weighted by Crippen LogP contribution is 2.36. The smallest absolute Gasteiger partial charge is 0.246 e. The van der Waals surface area contributed by atoms with E-state index in [0.717, 1.165) is 30.8 Å². The first kappa shape index (κ1) is 13.7. The van der Waals surface area contributed by atoms with Crippen LogP contribution in [0.1, 0.15) is 30.4 Å². The van der Waals surface area contributed by atoms with Crippen LogP contribution in [0.3, 0.4) is 0 Å². The molecule has 1 aliphatic heterocycles. The highest BCUT2D eigenvalue weighted by atomic mass is 32.2. The minimum Gasteiger partial charge on any atom is -0.338 e. The number of carbonyl (C=O) groups excluding carboxylic acids is 1. The Balaban J connectivity index is 1.96. The molecule has 1 saturated heterocycles. The summed E-state index contributed by atoms with van der Waals surface area (Å²) in [7, 11) is 0. The molecule has 0 saturated carbocycles. The van der Waals surface area contributed by atoms with Crippen molar-refractivity contribution < 1.29 is 4.79 Å². The molecule has 2 rings (SSSR count). The van der Waals surface area contributed by atoms with Crippen molar-refractivity contribution in [1.82, 2.24) is 4.90 Å². The molecule has 1 fully saturated rings. The normalized spacial score (nSPS) is 20.3. The third-order valence-corrected chi connectivity index (χ3v) is 5.37. The molecular weight excluding hydrogens is 262 g/mol. The van der Waals surface area contributed by atoms with Crippen LogP contribution in [0, 0.1) is 0 Å². The Morgan fingerprint density at radius 2 is 2.28 bits per heavy atom. The second kappa shape index (κ2) is 6.43. The third kappa shape index (κ3) is 3.62. The van der Waals surface area contributed by atoms with Crippen LogP contribution in [0.2, 0.25) is 0 Å². The monoisotopic (exact) mass is 281 g/mol. The van der Waals surface area contributed by atoms with Gasteiger partial charge in [0.25, 0.3) is 0 Å². The molecule has 0 radical (unpaired) electrons. The molecule has 1 amide bonds. The fraction of sp³-hybridized carbons (Fsp3) is 0.500. The summed E-state index contributed by atoms with van der Waals surface area (Å²) in [5, 5.41) is 2.70. The van der Waals surface area contributed by atoms with Gasteiger partial charge in [-0.2, -0.15) is 11.8 Å². The van der Waals surface area contributed by atoms with Gasteiger partial charge in [0.2, 0.25) is 5.91 Å². The van der Waals surface area contributed by atoms with Crippen LogP contribution in [0.5, 0.6) is 0 Å². The van der Waals surface area contributed by atoms with E-state index in [-0.39, 0.29) is 5.91 Å². The highest BCUT2D eigenvalue weighted by Gasteiger charge is 2.21. The van der Waals surface area contributed by atoms with Gasteiger partial charge in [-0.3, -0.25) is 4.79 Å². The summed E-state index contributed by atoms with van der Waals surface area (Å²) in [5.41, 5.74) is 1.08.